The van der Waals surface area contributed by atoms with Crippen molar-refractivity contribution in [3.8, 4) is 11.3 Å². The summed E-state index contributed by atoms with van der Waals surface area (Å²) >= 11 is 0. The Morgan fingerprint density at radius 2 is 1.92 bits per heavy atom. The maximum Gasteiger partial charge on any atom is 0.305 e. The zero-order chi connectivity index (χ0) is 18.4. The number of carbonyl (C=O) groups is 1. The summed E-state index contributed by atoms with van der Waals surface area (Å²) in [7, 11) is 0. The average Bonchev–Trinajstić information content (AvgIpc) is 2.66. The lowest BCUT2D eigenvalue weighted by atomic mass is 10.0. The van der Waals surface area contributed by atoms with E-state index in [0.717, 1.165) is 22.6 Å². The quantitative estimate of drug-likeness (QED) is 0.507. The fraction of sp³-hybridized carbons (Fsp3) is 0.286. The van der Waals surface area contributed by atoms with Gasteiger partial charge in [-0.25, -0.2) is 0 Å². The Morgan fingerprint density at radius 1 is 1.12 bits per heavy atom. The molecule has 1 heterocycles. The summed E-state index contributed by atoms with van der Waals surface area (Å²) in [5.41, 5.74) is 2.96. The van der Waals surface area contributed by atoms with E-state index in [9.17, 15) is 4.79 Å². The summed E-state index contributed by atoms with van der Waals surface area (Å²) in [4.78, 5) is 11.4. The predicted molar refractivity (Wildman–Crippen MR) is 104 cm³/mol. The zero-order valence-electron chi connectivity index (χ0n) is 15.2. The van der Waals surface area contributed by atoms with Crippen LogP contribution in [0.15, 0.2) is 48.5 Å². The van der Waals surface area contributed by atoms with Gasteiger partial charge in [-0.1, -0.05) is 42.5 Å². The van der Waals surface area contributed by atoms with Crippen molar-refractivity contribution in [1.29, 1.82) is 0 Å². The second-order valence-corrected chi connectivity index (χ2v) is 6.12. The molecule has 134 valence electrons. The van der Waals surface area contributed by atoms with Crippen LogP contribution in [-0.2, 0) is 9.53 Å². The van der Waals surface area contributed by atoms with Gasteiger partial charge in [-0.3, -0.25) is 4.79 Å². The van der Waals surface area contributed by atoms with Crippen LogP contribution in [0.1, 0.15) is 25.3 Å². The number of nitrogens with zero attached hydrogens (tertiary/aromatic N) is 2. The number of carbonyl (C=O) groups excluding carboxylic acids is 1. The summed E-state index contributed by atoms with van der Waals surface area (Å²) in [6.07, 6.45) is 1.10. The van der Waals surface area contributed by atoms with Gasteiger partial charge in [-0.2, -0.15) is 0 Å². The van der Waals surface area contributed by atoms with Crippen molar-refractivity contribution in [2.45, 2.75) is 26.7 Å². The number of aromatic nitrogens is 2. The highest BCUT2D eigenvalue weighted by Gasteiger charge is 2.09. The van der Waals surface area contributed by atoms with Crippen molar-refractivity contribution in [3.05, 3.63) is 54.1 Å². The molecule has 0 aliphatic carbocycles. The molecule has 0 atom stereocenters. The van der Waals surface area contributed by atoms with Crippen molar-refractivity contribution >= 4 is 22.6 Å². The van der Waals surface area contributed by atoms with Gasteiger partial charge in [-0.15, -0.1) is 10.2 Å². The lowest BCUT2D eigenvalue weighted by Gasteiger charge is -2.10. The van der Waals surface area contributed by atoms with Crippen LogP contribution in [0.2, 0.25) is 0 Å². The van der Waals surface area contributed by atoms with Gasteiger partial charge in [0, 0.05) is 18.5 Å². The molecule has 1 aromatic heterocycles. The van der Waals surface area contributed by atoms with Crippen molar-refractivity contribution < 1.29 is 9.53 Å². The van der Waals surface area contributed by atoms with Crippen molar-refractivity contribution in [1.82, 2.24) is 10.2 Å². The molecule has 0 radical (unpaired) electrons. The van der Waals surface area contributed by atoms with Gasteiger partial charge < -0.3 is 10.1 Å². The van der Waals surface area contributed by atoms with Gasteiger partial charge in [0.2, 0.25) is 0 Å². The average molecular weight is 349 g/mol. The number of anilines is 1. The Morgan fingerprint density at radius 3 is 2.73 bits per heavy atom. The molecule has 3 rings (SSSR count). The molecule has 0 saturated carbocycles. The second kappa shape index (κ2) is 8.43. The fourth-order valence-electron chi connectivity index (χ4n) is 2.91. The monoisotopic (exact) mass is 349 g/mol. The number of hydrogen-bond acceptors (Lipinski definition) is 5. The molecular weight excluding hydrogens is 326 g/mol. The van der Waals surface area contributed by atoms with Gasteiger partial charge in [-0.05, 0) is 42.7 Å². The molecule has 2 aromatic carbocycles. The van der Waals surface area contributed by atoms with E-state index >= 15 is 0 Å². The molecule has 0 bridgehead atoms. The standard InChI is InChI=1S/C21H23N3O2/c1-3-26-20(25)12-7-13-22-21-15(2)14-19(23-24-21)18-11-6-9-16-8-4-5-10-17(16)18/h4-6,8-11,14H,3,7,12-13H2,1-2H3,(H,22,24). The van der Waals surface area contributed by atoms with E-state index in [1.54, 1.807) is 0 Å². The van der Waals surface area contributed by atoms with E-state index in [1.807, 2.05) is 38.1 Å². The van der Waals surface area contributed by atoms with Crippen LogP contribution in [0.3, 0.4) is 0 Å². The van der Waals surface area contributed by atoms with E-state index in [2.05, 4.69) is 39.8 Å². The number of fused-ring (bicyclic) bond motifs is 1. The summed E-state index contributed by atoms with van der Waals surface area (Å²) in [5, 5.41) is 14.3. The molecule has 5 heteroatoms. The van der Waals surface area contributed by atoms with E-state index in [-0.39, 0.29) is 5.97 Å². The number of nitrogens with one attached hydrogen (secondary N) is 1. The van der Waals surface area contributed by atoms with Crippen molar-refractivity contribution in [2.24, 2.45) is 0 Å². The Balaban J connectivity index is 1.70. The molecule has 0 spiro atoms. The molecule has 3 aromatic rings. The van der Waals surface area contributed by atoms with Gasteiger partial charge in [0.25, 0.3) is 0 Å². The van der Waals surface area contributed by atoms with E-state index in [0.29, 0.717) is 26.0 Å². The molecule has 0 fully saturated rings. The van der Waals surface area contributed by atoms with Gasteiger partial charge in [0.1, 0.15) is 0 Å². The van der Waals surface area contributed by atoms with E-state index < -0.39 is 0 Å². The molecule has 5 nitrogen and oxygen atoms in total. The van der Waals surface area contributed by atoms with E-state index in [1.165, 1.54) is 10.8 Å². The van der Waals surface area contributed by atoms with Gasteiger partial charge >= 0.3 is 5.97 Å². The molecule has 0 amide bonds. The molecule has 1 N–H and O–H groups in total. The van der Waals surface area contributed by atoms with Crippen LogP contribution in [0, 0.1) is 6.92 Å². The first-order valence-corrected chi connectivity index (χ1v) is 8.91. The maximum absolute atomic E-state index is 11.4. The lowest BCUT2D eigenvalue weighted by Crippen LogP contribution is -2.10. The lowest BCUT2D eigenvalue weighted by molar-refractivity contribution is -0.143. The molecule has 26 heavy (non-hydrogen) atoms. The predicted octanol–water partition coefficient (Wildman–Crippen LogP) is 4.36. The van der Waals surface area contributed by atoms with Crippen molar-refractivity contribution in [3.63, 3.8) is 0 Å². The second-order valence-electron chi connectivity index (χ2n) is 6.12. The van der Waals surface area contributed by atoms with Crippen molar-refractivity contribution in [2.75, 3.05) is 18.5 Å². The number of hydrogen-bond donors (Lipinski definition) is 1. The SMILES string of the molecule is CCOC(=O)CCCNc1nnc(-c2cccc3ccccc23)cc1C. The Labute approximate surface area is 153 Å². The van der Waals surface area contributed by atoms with Crippen LogP contribution in [0.5, 0.6) is 0 Å². The minimum atomic E-state index is -0.164. The number of aryl methyl sites for hydroxylation is 1. The third-order valence-corrected chi connectivity index (χ3v) is 4.21. The molecule has 0 saturated heterocycles. The van der Waals surface area contributed by atoms with Crippen LogP contribution in [0.25, 0.3) is 22.0 Å². The minimum Gasteiger partial charge on any atom is -0.466 e. The fourth-order valence-corrected chi connectivity index (χ4v) is 2.91. The van der Waals surface area contributed by atoms with Crippen LogP contribution in [-0.4, -0.2) is 29.3 Å². The summed E-state index contributed by atoms with van der Waals surface area (Å²) in [6.45, 7) is 4.90. The number of ether oxygens (including phenoxy) is 1. The first kappa shape index (κ1) is 17.9. The molecule has 0 unspecified atom stereocenters. The largest absolute Gasteiger partial charge is 0.466 e. The highest BCUT2D eigenvalue weighted by Crippen LogP contribution is 2.28. The number of esters is 1. The van der Waals surface area contributed by atoms with Crippen LogP contribution in [0.4, 0.5) is 5.82 Å². The first-order chi connectivity index (χ1) is 12.7. The zero-order valence-corrected chi connectivity index (χ0v) is 15.2. The first-order valence-electron chi connectivity index (χ1n) is 8.91. The third kappa shape index (κ3) is 4.17. The van der Waals surface area contributed by atoms with Crippen LogP contribution < -0.4 is 5.32 Å². The summed E-state index contributed by atoms with van der Waals surface area (Å²) in [5.74, 6) is 0.584. The van der Waals surface area contributed by atoms with Crippen LogP contribution >= 0.6 is 0 Å². The summed E-state index contributed by atoms with van der Waals surface area (Å²) in [6, 6.07) is 16.5. The highest BCUT2D eigenvalue weighted by molar-refractivity contribution is 5.95. The number of benzene rings is 2. The molecular formula is C21H23N3O2. The smallest absolute Gasteiger partial charge is 0.305 e. The minimum absolute atomic E-state index is 0.164. The number of rotatable bonds is 7. The molecule has 0 aliphatic heterocycles. The Kier molecular flexibility index (Phi) is 5.79. The topological polar surface area (TPSA) is 64.1 Å². The molecule has 0 aliphatic rings. The maximum atomic E-state index is 11.4. The third-order valence-electron chi connectivity index (χ3n) is 4.21. The van der Waals surface area contributed by atoms with E-state index in [4.69, 9.17) is 4.74 Å². The highest BCUT2D eigenvalue weighted by atomic mass is 16.5. The summed E-state index contributed by atoms with van der Waals surface area (Å²) < 4.78 is 4.92. The normalized spacial score (nSPS) is 10.7. The Hall–Kier alpha value is -2.95. The van der Waals surface area contributed by atoms with Gasteiger partial charge in [0.15, 0.2) is 5.82 Å². The van der Waals surface area contributed by atoms with Gasteiger partial charge in [0.05, 0.1) is 12.3 Å². The Bertz CT molecular complexity index is 903.